The Bertz CT molecular complexity index is 1230. The van der Waals surface area contributed by atoms with Crippen LogP contribution in [-0.2, 0) is 0 Å². The van der Waals surface area contributed by atoms with Crippen molar-refractivity contribution in [2.75, 3.05) is 20.8 Å². The fourth-order valence-corrected chi connectivity index (χ4v) is 4.05. The summed E-state index contributed by atoms with van der Waals surface area (Å²) < 4.78 is 22.8. The number of carbonyl (C=O) groups excluding carboxylic acids is 1. The van der Waals surface area contributed by atoms with Crippen LogP contribution in [0.3, 0.4) is 0 Å². The van der Waals surface area contributed by atoms with Crippen molar-refractivity contribution in [1.29, 1.82) is 0 Å². The van der Waals surface area contributed by atoms with Crippen LogP contribution in [0.2, 0.25) is 0 Å². The lowest BCUT2D eigenvalue weighted by atomic mass is 9.95. The third kappa shape index (κ3) is 4.81. The van der Waals surface area contributed by atoms with Gasteiger partial charge in [-0.25, -0.2) is 0 Å². The Morgan fingerprint density at radius 2 is 1.61 bits per heavy atom. The summed E-state index contributed by atoms with van der Waals surface area (Å²) in [5.74, 6) is -0.405. The first-order valence-electron chi connectivity index (χ1n) is 11.0. The Labute approximate surface area is 206 Å². The predicted octanol–water partition coefficient (Wildman–Crippen LogP) is 3.00. The van der Waals surface area contributed by atoms with E-state index in [2.05, 4.69) is 0 Å². The number of hydrogen-bond donors (Lipinski definition) is 5. The number of hydrogen-bond acceptors (Lipinski definition) is 10. The van der Waals surface area contributed by atoms with Crippen LogP contribution < -0.4 is 18.9 Å². The van der Waals surface area contributed by atoms with Crippen molar-refractivity contribution in [2.24, 2.45) is 0 Å². The third-order valence-corrected chi connectivity index (χ3v) is 5.88. The van der Waals surface area contributed by atoms with Gasteiger partial charge in [0.05, 0.1) is 27.2 Å². The van der Waals surface area contributed by atoms with Crippen LogP contribution in [0.25, 0.3) is 0 Å². The highest BCUT2D eigenvalue weighted by Gasteiger charge is 2.33. The van der Waals surface area contributed by atoms with Gasteiger partial charge in [-0.2, -0.15) is 0 Å². The first-order valence-corrected chi connectivity index (χ1v) is 11.0. The van der Waals surface area contributed by atoms with Gasteiger partial charge in [-0.3, -0.25) is 4.79 Å². The van der Waals surface area contributed by atoms with Crippen molar-refractivity contribution >= 4 is 5.78 Å². The monoisotopic (exact) mass is 498 g/mol. The normalized spacial score (nSPS) is 16.4. The molecular formula is C26H26O10. The van der Waals surface area contributed by atoms with Gasteiger partial charge in [0.25, 0.3) is 0 Å². The zero-order valence-corrected chi connectivity index (χ0v) is 19.5. The van der Waals surface area contributed by atoms with Crippen LogP contribution in [0.15, 0.2) is 48.5 Å². The second-order valence-corrected chi connectivity index (χ2v) is 8.20. The molecule has 10 heteroatoms. The first-order chi connectivity index (χ1) is 17.2. The van der Waals surface area contributed by atoms with Crippen molar-refractivity contribution in [3.8, 4) is 40.2 Å². The van der Waals surface area contributed by atoms with Crippen LogP contribution in [0, 0.1) is 0 Å². The van der Waals surface area contributed by atoms with E-state index in [0.29, 0.717) is 11.1 Å². The van der Waals surface area contributed by atoms with Gasteiger partial charge in [-0.1, -0.05) is 12.1 Å². The maximum atomic E-state index is 12.7. The number of carbonyl (C=O) groups is 1. The van der Waals surface area contributed by atoms with Gasteiger partial charge in [0.2, 0.25) is 5.75 Å². The van der Waals surface area contributed by atoms with Crippen LogP contribution in [-0.4, -0.2) is 58.2 Å². The molecule has 0 spiro atoms. The summed E-state index contributed by atoms with van der Waals surface area (Å²) in [5.41, 5.74) is 0.912. The SMILES string of the molecule is COc1cc(C2CC(=O)c3c(O)cc(O)cc3O2)cc(OC)c1OC(CO)C(O)c1ccc(O)cc1. The topological polar surface area (TPSA) is 155 Å². The summed E-state index contributed by atoms with van der Waals surface area (Å²) >= 11 is 0. The predicted molar refractivity (Wildman–Crippen MR) is 126 cm³/mol. The molecule has 0 bridgehead atoms. The Morgan fingerprint density at radius 1 is 0.972 bits per heavy atom. The number of benzene rings is 3. The number of ether oxygens (including phenoxy) is 4. The highest BCUT2D eigenvalue weighted by molar-refractivity contribution is 6.02. The molecule has 0 saturated carbocycles. The van der Waals surface area contributed by atoms with Crippen molar-refractivity contribution in [1.82, 2.24) is 0 Å². The summed E-state index contributed by atoms with van der Waals surface area (Å²) in [6, 6.07) is 11.3. The number of Topliss-reactive ketones (excluding diaryl/α,β-unsaturated/α-hetero) is 1. The summed E-state index contributed by atoms with van der Waals surface area (Å²) in [6.45, 7) is -0.542. The van der Waals surface area contributed by atoms with E-state index in [-0.39, 0.29) is 58.0 Å². The van der Waals surface area contributed by atoms with Crippen molar-refractivity contribution in [3.05, 3.63) is 65.2 Å². The molecular weight excluding hydrogens is 472 g/mol. The van der Waals surface area contributed by atoms with Crippen molar-refractivity contribution in [2.45, 2.75) is 24.7 Å². The Hall–Kier alpha value is -4.15. The molecule has 0 aromatic heterocycles. The van der Waals surface area contributed by atoms with Gasteiger partial charge < -0.3 is 44.5 Å². The molecule has 3 unspecified atom stereocenters. The van der Waals surface area contributed by atoms with E-state index in [1.165, 1.54) is 44.6 Å². The van der Waals surface area contributed by atoms with Gasteiger partial charge in [0.15, 0.2) is 23.4 Å². The zero-order valence-electron chi connectivity index (χ0n) is 19.5. The van der Waals surface area contributed by atoms with Crippen LogP contribution >= 0.6 is 0 Å². The van der Waals surface area contributed by atoms with Gasteiger partial charge in [0, 0.05) is 17.7 Å². The zero-order chi connectivity index (χ0) is 26.0. The number of ketones is 1. The van der Waals surface area contributed by atoms with Crippen LogP contribution in [0.5, 0.6) is 40.2 Å². The lowest BCUT2D eigenvalue weighted by molar-refractivity contribution is -0.00171. The molecule has 0 amide bonds. The average molecular weight is 498 g/mol. The number of phenolic OH excluding ortho intramolecular Hbond substituents is 3. The van der Waals surface area contributed by atoms with E-state index in [1.807, 2.05) is 0 Å². The average Bonchev–Trinajstić information content (AvgIpc) is 2.86. The molecule has 4 rings (SSSR count). The second kappa shape index (κ2) is 10.2. The molecule has 1 heterocycles. The number of phenols is 3. The van der Waals surface area contributed by atoms with Crippen molar-refractivity contribution in [3.63, 3.8) is 0 Å². The van der Waals surface area contributed by atoms with E-state index >= 15 is 0 Å². The largest absolute Gasteiger partial charge is 0.508 e. The second-order valence-electron chi connectivity index (χ2n) is 8.20. The number of aliphatic hydroxyl groups is 2. The van der Waals surface area contributed by atoms with Gasteiger partial charge in [-0.15, -0.1) is 0 Å². The minimum atomic E-state index is -1.24. The lowest BCUT2D eigenvalue weighted by Crippen LogP contribution is -2.29. The molecule has 190 valence electrons. The highest BCUT2D eigenvalue weighted by Crippen LogP contribution is 2.46. The highest BCUT2D eigenvalue weighted by atomic mass is 16.6. The molecule has 3 atom stereocenters. The molecule has 0 aliphatic carbocycles. The number of aromatic hydroxyl groups is 3. The maximum absolute atomic E-state index is 12.7. The van der Waals surface area contributed by atoms with E-state index in [1.54, 1.807) is 12.1 Å². The number of rotatable bonds is 8. The fourth-order valence-electron chi connectivity index (χ4n) is 4.05. The van der Waals surface area contributed by atoms with Gasteiger partial charge >= 0.3 is 0 Å². The quantitative estimate of drug-likeness (QED) is 0.313. The van der Waals surface area contributed by atoms with E-state index in [0.717, 1.165) is 6.07 Å². The molecule has 0 saturated heterocycles. The van der Waals surface area contributed by atoms with E-state index < -0.39 is 24.9 Å². The van der Waals surface area contributed by atoms with Gasteiger partial charge in [-0.05, 0) is 29.8 Å². The Kier molecular flexibility index (Phi) is 7.09. The third-order valence-electron chi connectivity index (χ3n) is 5.88. The fraction of sp³-hybridized carbons (Fsp3) is 0.269. The Balaban J connectivity index is 1.65. The van der Waals surface area contributed by atoms with E-state index in [4.69, 9.17) is 18.9 Å². The van der Waals surface area contributed by atoms with Crippen LogP contribution in [0.1, 0.15) is 40.1 Å². The maximum Gasteiger partial charge on any atom is 0.204 e. The molecule has 0 fully saturated rings. The van der Waals surface area contributed by atoms with E-state index in [9.17, 15) is 30.3 Å². The molecule has 1 aliphatic rings. The summed E-state index contributed by atoms with van der Waals surface area (Å²) in [6.07, 6.45) is -3.20. The minimum absolute atomic E-state index is 0.00283. The lowest BCUT2D eigenvalue weighted by Gasteiger charge is -2.28. The smallest absolute Gasteiger partial charge is 0.204 e. The summed E-state index contributed by atoms with van der Waals surface area (Å²) in [4.78, 5) is 12.7. The molecule has 3 aromatic rings. The van der Waals surface area contributed by atoms with Crippen molar-refractivity contribution < 1.29 is 49.3 Å². The standard InChI is InChI=1S/C26H26O10/c1-33-21-7-14(19-11-18(31)24-17(30)9-16(29)10-20(24)35-19)8-22(34-2)26(21)36-23(12-27)25(32)13-3-5-15(28)6-4-13/h3-10,19,23,25,27-30,32H,11-12H2,1-2H3. The summed E-state index contributed by atoms with van der Waals surface area (Å²) in [7, 11) is 2.79. The molecule has 10 nitrogen and oxygen atoms in total. The minimum Gasteiger partial charge on any atom is -0.508 e. The number of methoxy groups -OCH3 is 2. The molecule has 1 aliphatic heterocycles. The summed E-state index contributed by atoms with van der Waals surface area (Å²) in [5, 5.41) is 50.0. The first kappa shape index (κ1) is 25.0. The molecule has 36 heavy (non-hydrogen) atoms. The molecule has 0 radical (unpaired) electrons. The number of aliphatic hydroxyl groups excluding tert-OH is 2. The van der Waals surface area contributed by atoms with Gasteiger partial charge in [0.1, 0.15) is 40.8 Å². The molecule has 5 N–H and O–H groups in total. The van der Waals surface area contributed by atoms with Crippen LogP contribution in [0.4, 0.5) is 0 Å². The number of fused-ring (bicyclic) bond motifs is 1. The molecule has 3 aromatic carbocycles. The Morgan fingerprint density at radius 3 is 2.19 bits per heavy atom.